The number of aliphatic hydroxyl groups is 1. The quantitative estimate of drug-likeness (QED) is 0.869. The van der Waals surface area contributed by atoms with Gasteiger partial charge in [-0.25, -0.2) is 0 Å². The predicted octanol–water partition coefficient (Wildman–Crippen LogP) is 0.931. The molecule has 1 aliphatic rings. The number of hydrogen-bond donors (Lipinski definition) is 2. The number of pyridine rings is 1. The molecule has 0 bridgehead atoms. The second kappa shape index (κ2) is 6.36. The Morgan fingerprint density at radius 2 is 2.11 bits per heavy atom. The van der Waals surface area contributed by atoms with Crippen molar-refractivity contribution in [2.24, 2.45) is 0 Å². The molecule has 1 saturated heterocycles. The Hall–Kier alpha value is -0.850. The molecule has 18 heavy (non-hydrogen) atoms. The van der Waals surface area contributed by atoms with Gasteiger partial charge in [0, 0.05) is 32.4 Å². The number of β-amino-alcohol motifs (C(OH)–C–C–N with tert-alkyl or cyclic N) is 1. The van der Waals surface area contributed by atoms with Crippen molar-refractivity contribution in [3.63, 3.8) is 0 Å². The van der Waals surface area contributed by atoms with Crippen molar-refractivity contribution in [3.8, 4) is 0 Å². The minimum atomic E-state index is 0.223. The Bertz CT molecular complexity index is 381. The molecule has 0 atom stereocenters. The van der Waals surface area contributed by atoms with E-state index < -0.39 is 0 Å². The molecule has 0 saturated carbocycles. The Balaban J connectivity index is 2.10. The number of rotatable bonds is 3. The monoisotopic (exact) mass is 314 g/mol. The van der Waals surface area contributed by atoms with E-state index in [4.69, 9.17) is 10.8 Å². The summed E-state index contributed by atoms with van der Waals surface area (Å²) in [5, 5.41) is 8.99. The Morgan fingerprint density at radius 3 is 2.83 bits per heavy atom. The van der Waals surface area contributed by atoms with Crippen LogP contribution in [0.15, 0.2) is 16.9 Å². The van der Waals surface area contributed by atoms with E-state index in [0.29, 0.717) is 5.69 Å². The van der Waals surface area contributed by atoms with E-state index in [1.54, 1.807) is 12.4 Å². The van der Waals surface area contributed by atoms with Gasteiger partial charge in [0.05, 0.1) is 28.7 Å². The molecule has 3 N–H and O–H groups in total. The van der Waals surface area contributed by atoms with Crippen LogP contribution >= 0.6 is 15.9 Å². The highest BCUT2D eigenvalue weighted by atomic mass is 79.9. The first-order chi connectivity index (χ1) is 8.72. The maximum Gasteiger partial charge on any atom is 0.0776 e. The normalized spacial score (nSPS) is 17.8. The lowest BCUT2D eigenvalue weighted by atomic mass is 10.3. The average molecular weight is 315 g/mol. The third kappa shape index (κ3) is 3.13. The van der Waals surface area contributed by atoms with Gasteiger partial charge in [-0.15, -0.1) is 0 Å². The highest BCUT2D eigenvalue weighted by Gasteiger charge is 2.18. The molecule has 1 aromatic rings. The highest BCUT2D eigenvalue weighted by molar-refractivity contribution is 9.10. The van der Waals surface area contributed by atoms with E-state index in [2.05, 4.69) is 30.7 Å². The lowest BCUT2D eigenvalue weighted by Crippen LogP contribution is -2.32. The predicted molar refractivity (Wildman–Crippen MR) is 76.7 cm³/mol. The van der Waals surface area contributed by atoms with E-state index in [1.807, 2.05) is 0 Å². The Labute approximate surface area is 116 Å². The van der Waals surface area contributed by atoms with Crippen molar-refractivity contribution >= 4 is 27.3 Å². The number of aliphatic hydroxyl groups excluding tert-OH is 1. The molecular formula is C12H19BrN4O. The van der Waals surface area contributed by atoms with Crippen molar-refractivity contribution < 1.29 is 5.11 Å². The summed E-state index contributed by atoms with van der Waals surface area (Å²) in [4.78, 5) is 8.64. The third-order valence-electron chi connectivity index (χ3n) is 3.22. The van der Waals surface area contributed by atoms with Crippen LogP contribution in [0.4, 0.5) is 11.4 Å². The maximum atomic E-state index is 8.99. The van der Waals surface area contributed by atoms with Gasteiger partial charge in [0.25, 0.3) is 0 Å². The van der Waals surface area contributed by atoms with Crippen LogP contribution in [0.2, 0.25) is 0 Å². The molecule has 0 unspecified atom stereocenters. The van der Waals surface area contributed by atoms with Crippen molar-refractivity contribution in [2.75, 3.05) is 50.0 Å². The number of nitrogen functional groups attached to an aromatic ring is 1. The van der Waals surface area contributed by atoms with Crippen LogP contribution in [0.1, 0.15) is 6.42 Å². The summed E-state index contributed by atoms with van der Waals surface area (Å²) in [6.07, 6.45) is 4.55. The molecule has 0 aromatic carbocycles. The summed E-state index contributed by atoms with van der Waals surface area (Å²) in [6.45, 7) is 4.86. The maximum absolute atomic E-state index is 8.99. The second-order valence-corrected chi connectivity index (χ2v) is 5.32. The number of halogens is 1. The summed E-state index contributed by atoms with van der Waals surface area (Å²) < 4.78 is 0.943. The molecule has 6 heteroatoms. The summed E-state index contributed by atoms with van der Waals surface area (Å²) in [7, 11) is 0. The van der Waals surface area contributed by atoms with Gasteiger partial charge >= 0.3 is 0 Å². The highest BCUT2D eigenvalue weighted by Crippen LogP contribution is 2.31. The second-order valence-electron chi connectivity index (χ2n) is 4.47. The summed E-state index contributed by atoms with van der Waals surface area (Å²) in [5.74, 6) is 0. The van der Waals surface area contributed by atoms with Crippen LogP contribution in [0, 0.1) is 0 Å². The van der Waals surface area contributed by atoms with Crippen LogP contribution in [0.25, 0.3) is 0 Å². The number of anilines is 2. The molecule has 1 aromatic heterocycles. The van der Waals surface area contributed by atoms with Gasteiger partial charge in [-0.1, -0.05) is 0 Å². The van der Waals surface area contributed by atoms with Crippen molar-refractivity contribution in [1.29, 1.82) is 0 Å². The van der Waals surface area contributed by atoms with E-state index in [1.165, 1.54) is 0 Å². The number of nitrogens with two attached hydrogens (primary N) is 1. The standard InChI is InChI=1S/C12H19BrN4O/c13-10-8-15-9-11(14)12(10)17-3-1-2-16(4-5-17)6-7-18/h8-9,18H,1-7,14H2. The molecule has 100 valence electrons. The van der Waals surface area contributed by atoms with Gasteiger partial charge < -0.3 is 15.7 Å². The molecule has 0 aliphatic carbocycles. The first-order valence-corrected chi connectivity index (χ1v) is 6.99. The molecule has 0 spiro atoms. The third-order valence-corrected chi connectivity index (χ3v) is 3.80. The fraction of sp³-hybridized carbons (Fsp3) is 0.583. The van der Waals surface area contributed by atoms with E-state index >= 15 is 0 Å². The summed E-state index contributed by atoms with van der Waals surface area (Å²) in [5.41, 5.74) is 7.75. The zero-order chi connectivity index (χ0) is 13.0. The van der Waals surface area contributed by atoms with E-state index in [9.17, 15) is 0 Å². The van der Waals surface area contributed by atoms with E-state index in [-0.39, 0.29) is 6.61 Å². The van der Waals surface area contributed by atoms with Crippen molar-refractivity contribution in [2.45, 2.75) is 6.42 Å². The van der Waals surface area contributed by atoms with Crippen LogP contribution in [0.5, 0.6) is 0 Å². The van der Waals surface area contributed by atoms with Crippen LogP contribution < -0.4 is 10.6 Å². The average Bonchev–Trinajstić information content (AvgIpc) is 2.56. The van der Waals surface area contributed by atoms with E-state index in [0.717, 1.165) is 49.3 Å². The van der Waals surface area contributed by atoms with Gasteiger partial charge in [0.15, 0.2) is 0 Å². The number of aromatic nitrogens is 1. The minimum Gasteiger partial charge on any atom is -0.396 e. The minimum absolute atomic E-state index is 0.223. The zero-order valence-electron chi connectivity index (χ0n) is 10.3. The first kappa shape index (κ1) is 13.6. The first-order valence-electron chi connectivity index (χ1n) is 6.19. The smallest absolute Gasteiger partial charge is 0.0776 e. The van der Waals surface area contributed by atoms with Gasteiger partial charge in [-0.05, 0) is 28.9 Å². The van der Waals surface area contributed by atoms with Crippen LogP contribution in [-0.2, 0) is 0 Å². The lowest BCUT2D eigenvalue weighted by molar-refractivity contribution is 0.204. The van der Waals surface area contributed by atoms with Gasteiger partial charge in [0.1, 0.15) is 0 Å². The van der Waals surface area contributed by atoms with Gasteiger partial charge in [0.2, 0.25) is 0 Å². The molecule has 1 aliphatic heterocycles. The topological polar surface area (TPSA) is 65.6 Å². The molecule has 5 nitrogen and oxygen atoms in total. The number of hydrogen-bond acceptors (Lipinski definition) is 5. The fourth-order valence-electron chi connectivity index (χ4n) is 2.34. The molecule has 0 amide bonds. The Kier molecular flexibility index (Phi) is 4.79. The fourth-order valence-corrected chi connectivity index (χ4v) is 2.93. The summed E-state index contributed by atoms with van der Waals surface area (Å²) in [6, 6.07) is 0. The van der Waals surface area contributed by atoms with Gasteiger partial charge in [-0.2, -0.15) is 0 Å². The lowest BCUT2D eigenvalue weighted by Gasteiger charge is -2.25. The molecule has 1 fully saturated rings. The number of nitrogens with zero attached hydrogens (tertiary/aromatic N) is 3. The van der Waals surface area contributed by atoms with Crippen LogP contribution in [-0.4, -0.2) is 54.3 Å². The van der Waals surface area contributed by atoms with Gasteiger partial charge in [-0.3, -0.25) is 9.88 Å². The molecular weight excluding hydrogens is 296 g/mol. The Morgan fingerprint density at radius 1 is 1.28 bits per heavy atom. The van der Waals surface area contributed by atoms with Crippen LogP contribution in [0.3, 0.4) is 0 Å². The molecule has 0 radical (unpaired) electrons. The van der Waals surface area contributed by atoms with Crippen molar-refractivity contribution in [1.82, 2.24) is 9.88 Å². The molecule has 2 rings (SSSR count). The summed E-state index contributed by atoms with van der Waals surface area (Å²) >= 11 is 3.52. The molecule has 2 heterocycles. The zero-order valence-corrected chi connectivity index (χ0v) is 11.9. The SMILES string of the molecule is Nc1cncc(Br)c1N1CCCN(CCO)CC1. The van der Waals surface area contributed by atoms with Crippen molar-refractivity contribution in [3.05, 3.63) is 16.9 Å². The largest absolute Gasteiger partial charge is 0.396 e.